The molecule has 0 aliphatic heterocycles. The average molecular weight is 195 g/mol. The second kappa shape index (κ2) is 5.03. The monoisotopic (exact) mass is 195 g/mol. The zero-order valence-corrected chi connectivity index (χ0v) is 8.34. The van der Waals surface area contributed by atoms with Crippen molar-refractivity contribution in [2.75, 3.05) is 6.54 Å². The van der Waals surface area contributed by atoms with Crippen molar-refractivity contribution in [3.63, 3.8) is 0 Å². The van der Waals surface area contributed by atoms with E-state index in [0.29, 0.717) is 6.54 Å². The van der Waals surface area contributed by atoms with Crippen LogP contribution >= 0.6 is 11.3 Å². The van der Waals surface area contributed by atoms with Gasteiger partial charge in [-0.15, -0.1) is 17.8 Å². The van der Waals surface area contributed by atoms with Crippen LogP contribution in [0.15, 0.2) is 17.5 Å². The molecule has 0 aromatic carbocycles. The highest BCUT2D eigenvalue weighted by Gasteiger charge is 2.08. The standard InChI is InChI=1S/C10H13NOS/c1-3-8(2)11-7-9(12)10-5-4-6-13-10/h1,4-6,8-9,11-12H,7H2,2H3. The second-order valence-electron chi connectivity index (χ2n) is 2.83. The Morgan fingerprint density at radius 2 is 2.54 bits per heavy atom. The topological polar surface area (TPSA) is 32.3 Å². The third kappa shape index (κ3) is 3.19. The van der Waals surface area contributed by atoms with Gasteiger partial charge in [0.05, 0.1) is 6.04 Å². The molecule has 70 valence electrons. The fourth-order valence-corrected chi connectivity index (χ4v) is 1.64. The number of hydrogen-bond acceptors (Lipinski definition) is 3. The Morgan fingerprint density at radius 3 is 3.08 bits per heavy atom. The first-order valence-electron chi connectivity index (χ1n) is 4.15. The van der Waals surface area contributed by atoms with Crippen molar-refractivity contribution in [1.82, 2.24) is 5.32 Å². The number of hydrogen-bond donors (Lipinski definition) is 2. The van der Waals surface area contributed by atoms with E-state index in [0.717, 1.165) is 4.88 Å². The van der Waals surface area contributed by atoms with Crippen LogP contribution in [0.25, 0.3) is 0 Å². The molecule has 13 heavy (non-hydrogen) atoms. The summed E-state index contributed by atoms with van der Waals surface area (Å²) >= 11 is 1.55. The predicted octanol–water partition coefficient (Wildman–Crippen LogP) is 1.39. The smallest absolute Gasteiger partial charge is 0.101 e. The molecule has 0 saturated carbocycles. The summed E-state index contributed by atoms with van der Waals surface area (Å²) in [7, 11) is 0. The van der Waals surface area contributed by atoms with Crippen LogP contribution in [-0.4, -0.2) is 17.7 Å². The van der Waals surface area contributed by atoms with E-state index in [-0.39, 0.29) is 6.04 Å². The summed E-state index contributed by atoms with van der Waals surface area (Å²) in [6.45, 7) is 2.40. The Hall–Kier alpha value is -0.820. The van der Waals surface area contributed by atoms with Gasteiger partial charge in [0.25, 0.3) is 0 Å². The largest absolute Gasteiger partial charge is 0.386 e. The number of rotatable bonds is 4. The van der Waals surface area contributed by atoms with Gasteiger partial charge in [0, 0.05) is 11.4 Å². The van der Waals surface area contributed by atoms with Gasteiger partial charge >= 0.3 is 0 Å². The molecular weight excluding hydrogens is 182 g/mol. The summed E-state index contributed by atoms with van der Waals surface area (Å²) in [5.74, 6) is 2.55. The number of aliphatic hydroxyl groups is 1. The van der Waals surface area contributed by atoms with E-state index in [4.69, 9.17) is 6.42 Å². The SMILES string of the molecule is C#CC(C)NCC(O)c1cccs1. The third-order valence-electron chi connectivity index (χ3n) is 1.74. The molecule has 1 rings (SSSR count). The van der Waals surface area contributed by atoms with Crippen molar-refractivity contribution in [3.05, 3.63) is 22.4 Å². The lowest BCUT2D eigenvalue weighted by Crippen LogP contribution is -2.28. The van der Waals surface area contributed by atoms with Gasteiger partial charge in [0.15, 0.2) is 0 Å². The van der Waals surface area contributed by atoms with Crippen LogP contribution in [0.1, 0.15) is 17.9 Å². The molecule has 0 fully saturated rings. The number of aliphatic hydroxyl groups excluding tert-OH is 1. The Labute approximate surface area is 82.6 Å². The molecule has 2 unspecified atom stereocenters. The Kier molecular flexibility index (Phi) is 3.97. The van der Waals surface area contributed by atoms with Crippen molar-refractivity contribution < 1.29 is 5.11 Å². The van der Waals surface area contributed by atoms with Gasteiger partial charge in [-0.3, -0.25) is 0 Å². The van der Waals surface area contributed by atoms with Crippen LogP contribution in [-0.2, 0) is 0 Å². The number of nitrogens with one attached hydrogen (secondary N) is 1. The van der Waals surface area contributed by atoms with Crippen molar-refractivity contribution in [2.45, 2.75) is 19.1 Å². The number of terminal acetylenes is 1. The minimum Gasteiger partial charge on any atom is -0.386 e. The van der Waals surface area contributed by atoms with Crippen LogP contribution < -0.4 is 5.32 Å². The molecule has 0 radical (unpaired) electrons. The van der Waals surface area contributed by atoms with Crippen LogP contribution in [0.3, 0.4) is 0 Å². The lowest BCUT2D eigenvalue weighted by atomic mass is 10.2. The highest BCUT2D eigenvalue weighted by molar-refractivity contribution is 7.10. The molecule has 3 heteroatoms. The first-order valence-corrected chi connectivity index (χ1v) is 5.03. The lowest BCUT2D eigenvalue weighted by Gasteiger charge is -2.11. The van der Waals surface area contributed by atoms with E-state index in [9.17, 15) is 5.11 Å². The molecule has 2 atom stereocenters. The van der Waals surface area contributed by atoms with E-state index >= 15 is 0 Å². The molecule has 1 aromatic heterocycles. The van der Waals surface area contributed by atoms with Crippen LogP contribution in [0.4, 0.5) is 0 Å². The summed E-state index contributed by atoms with van der Waals surface area (Å²) in [6.07, 6.45) is 4.74. The maximum Gasteiger partial charge on any atom is 0.101 e. The Morgan fingerprint density at radius 1 is 1.77 bits per heavy atom. The van der Waals surface area contributed by atoms with Crippen molar-refractivity contribution in [2.24, 2.45) is 0 Å². The minimum absolute atomic E-state index is 0.00890. The summed E-state index contributed by atoms with van der Waals surface area (Å²) in [5, 5.41) is 14.6. The van der Waals surface area contributed by atoms with Crippen molar-refractivity contribution >= 4 is 11.3 Å². The molecule has 0 amide bonds. The van der Waals surface area contributed by atoms with E-state index in [1.54, 1.807) is 11.3 Å². The minimum atomic E-state index is -0.448. The number of thiophene rings is 1. The van der Waals surface area contributed by atoms with Gasteiger partial charge in [-0.2, -0.15) is 0 Å². The maximum absolute atomic E-state index is 9.63. The maximum atomic E-state index is 9.63. The van der Waals surface area contributed by atoms with Gasteiger partial charge < -0.3 is 10.4 Å². The third-order valence-corrected chi connectivity index (χ3v) is 2.71. The van der Waals surface area contributed by atoms with Crippen molar-refractivity contribution in [3.8, 4) is 12.3 Å². The van der Waals surface area contributed by atoms with E-state index in [1.807, 2.05) is 24.4 Å². The predicted molar refractivity (Wildman–Crippen MR) is 55.6 cm³/mol. The molecular formula is C10H13NOS. The molecule has 0 aliphatic rings. The van der Waals surface area contributed by atoms with Gasteiger partial charge in [-0.25, -0.2) is 0 Å². The lowest BCUT2D eigenvalue weighted by molar-refractivity contribution is 0.177. The fraction of sp³-hybridized carbons (Fsp3) is 0.400. The van der Waals surface area contributed by atoms with E-state index in [1.165, 1.54) is 0 Å². The first kappa shape index (κ1) is 10.3. The Bertz CT molecular complexity index is 276. The Balaban J connectivity index is 2.35. The summed E-state index contributed by atoms with van der Waals surface area (Å²) in [6, 6.07) is 3.85. The fourth-order valence-electron chi connectivity index (χ4n) is 0.929. The van der Waals surface area contributed by atoms with Crippen LogP contribution in [0.5, 0.6) is 0 Å². The van der Waals surface area contributed by atoms with Crippen LogP contribution in [0.2, 0.25) is 0 Å². The zero-order valence-electron chi connectivity index (χ0n) is 7.53. The molecule has 2 N–H and O–H groups in total. The van der Waals surface area contributed by atoms with E-state index in [2.05, 4.69) is 11.2 Å². The first-order chi connectivity index (χ1) is 6.24. The molecule has 1 heterocycles. The quantitative estimate of drug-likeness (QED) is 0.712. The molecule has 1 aromatic rings. The molecule has 0 spiro atoms. The van der Waals surface area contributed by atoms with Gasteiger partial charge in [0.1, 0.15) is 6.10 Å². The van der Waals surface area contributed by atoms with Gasteiger partial charge in [-0.05, 0) is 18.4 Å². The summed E-state index contributed by atoms with van der Waals surface area (Å²) in [4.78, 5) is 0.969. The second-order valence-corrected chi connectivity index (χ2v) is 3.81. The van der Waals surface area contributed by atoms with Gasteiger partial charge in [-0.1, -0.05) is 12.0 Å². The molecule has 0 bridgehead atoms. The molecule has 2 nitrogen and oxygen atoms in total. The summed E-state index contributed by atoms with van der Waals surface area (Å²) in [5.41, 5.74) is 0. The van der Waals surface area contributed by atoms with Gasteiger partial charge in [0.2, 0.25) is 0 Å². The van der Waals surface area contributed by atoms with Crippen molar-refractivity contribution in [1.29, 1.82) is 0 Å². The zero-order chi connectivity index (χ0) is 9.68. The normalized spacial score (nSPS) is 14.8. The van der Waals surface area contributed by atoms with E-state index < -0.39 is 6.10 Å². The molecule has 0 saturated heterocycles. The highest BCUT2D eigenvalue weighted by Crippen LogP contribution is 2.17. The average Bonchev–Trinajstić information content (AvgIpc) is 2.66. The highest BCUT2D eigenvalue weighted by atomic mass is 32.1. The van der Waals surface area contributed by atoms with Crippen LogP contribution in [0, 0.1) is 12.3 Å². The summed E-state index contributed by atoms with van der Waals surface area (Å²) < 4.78 is 0. The molecule has 0 aliphatic carbocycles.